The lowest BCUT2D eigenvalue weighted by Gasteiger charge is -2.20. The standard InChI is InChI=1S/C27H21BrO7/c1-15-22(33-12-16-3-5-17(6-4-16)27(30)31-2)8-7-21-24(29)23(35-25(15)21)11-18-9-20(28)10-19-13-32-14-34-26(18)19/h3-11H,12-14H2,1-2H3/b23-11-. The Balaban J connectivity index is 1.36. The van der Waals surface area contributed by atoms with Crippen molar-refractivity contribution in [3.05, 3.63) is 92.1 Å². The van der Waals surface area contributed by atoms with Gasteiger partial charge in [-0.15, -0.1) is 0 Å². The second-order valence-corrected chi connectivity index (χ2v) is 8.99. The van der Waals surface area contributed by atoms with Crippen molar-refractivity contribution in [1.29, 1.82) is 0 Å². The minimum absolute atomic E-state index is 0.158. The van der Waals surface area contributed by atoms with Crippen LogP contribution in [0.3, 0.4) is 0 Å². The average molecular weight is 537 g/mol. The molecule has 0 N–H and O–H groups in total. The van der Waals surface area contributed by atoms with Crippen LogP contribution in [0.25, 0.3) is 6.08 Å². The molecule has 0 aromatic heterocycles. The molecule has 7 nitrogen and oxygen atoms in total. The van der Waals surface area contributed by atoms with Crippen LogP contribution in [0.5, 0.6) is 17.2 Å². The molecule has 35 heavy (non-hydrogen) atoms. The number of carbonyl (C=O) groups excluding carboxylic acids is 2. The molecule has 0 fully saturated rings. The van der Waals surface area contributed by atoms with Crippen LogP contribution in [0.1, 0.15) is 43.0 Å². The summed E-state index contributed by atoms with van der Waals surface area (Å²) in [6, 6.07) is 14.3. The summed E-state index contributed by atoms with van der Waals surface area (Å²) in [4.78, 5) is 24.7. The van der Waals surface area contributed by atoms with Gasteiger partial charge in [0.05, 0.1) is 24.8 Å². The maximum absolute atomic E-state index is 13.1. The normalized spacial score (nSPS) is 15.2. The van der Waals surface area contributed by atoms with Gasteiger partial charge < -0.3 is 23.7 Å². The van der Waals surface area contributed by atoms with Gasteiger partial charge in [0.25, 0.3) is 0 Å². The summed E-state index contributed by atoms with van der Waals surface area (Å²) in [7, 11) is 1.35. The van der Waals surface area contributed by atoms with E-state index in [4.69, 9.17) is 23.7 Å². The summed E-state index contributed by atoms with van der Waals surface area (Å²) in [5.74, 6) is 1.39. The molecule has 3 aromatic rings. The first kappa shape index (κ1) is 23.1. The number of rotatable bonds is 5. The molecular formula is C27H21BrO7. The molecule has 0 saturated heterocycles. The molecule has 0 radical (unpaired) electrons. The third-order valence-corrected chi connectivity index (χ3v) is 6.25. The van der Waals surface area contributed by atoms with E-state index in [1.165, 1.54) is 7.11 Å². The number of ether oxygens (including phenoxy) is 5. The highest BCUT2D eigenvalue weighted by molar-refractivity contribution is 9.10. The fraction of sp³-hybridized carbons (Fsp3) is 0.185. The molecule has 2 aliphatic heterocycles. The first-order valence-corrected chi connectivity index (χ1v) is 11.6. The molecule has 178 valence electrons. The van der Waals surface area contributed by atoms with Gasteiger partial charge >= 0.3 is 5.97 Å². The number of methoxy groups -OCH3 is 1. The number of fused-ring (bicyclic) bond motifs is 2. The van der Waals surface area contributed by atoms with Crippen molar-refractivity contribution in [3.63, 3.8) is 0 Å². The molecule has 0 saturated carbocycles. The monoisotopic (exact) mass is 536 g/mol. The van der Waals surface area contributed by atoms with E-state index in [0.717, 1.165) is 26.7 Å². The van der Waals surface area contributed by atoms with Gasteiger partial charge in [-0.05, 0) is 55.0 Å². The van der Waals surface area contributed by atoms with E-state index in [-0.39, 0.29) is 24.3 Å². The highest BCUT2D eigenvalue weighted by atomic mass is 79.9. The molecule has 8 heteroatoms. The molecule has 0 bridgehead atoms. The Morgan fingerprint density at radius 2 is 1.91 bits per heavy atom. The first-order valence-electron chi connectivity index (χ1n) is 10.9. The zero-order valence-corrected chi connectivity index (χ0v) is 20.6. The molecule has 0 atom stereocenters. The third kappa shape index (κ3) is 4.54. The highest BCUT2D eigenvalue weighted by Gasteiger charge is 2.31. The molecular weight excluding hydrogens is 516 g/mol. The number of hydrogen-bond acceptors (Lipinski definition) is 7. The highest BCUT2D eigenvalue weighted by Crippen LogP contribution is 2.41. The summed E-state index contributed by atoms with van der Waals surface area (Å²) < 4.78 is 28.6. The Morgan fingerprint density at radius 3 is 2.69 bits per heavy atom. The van der Waals surface area contributed by atoms with Crippen molar-refractivity contribution in [1.82, 2.24) is 0 Å². The van der Waals surface area contributed by atoms with Crippen molar-refractivity contribution in [2.24, 2.45) is 0 Å². The van der Waals surface area contributed by atoms with Crippen LogP contribution in [0.15, 0.2) is 58.8 Å². The van der Waals surface area contributed by atoms with E-state index < -0.39 is 0 Å². The van der Waals surface area contributed by atoms with E-state index in [1.54, 1.807) is 30.3 Å². The zero-order valence-electron chi connectivity index (χ0n) is 19.1. The van der Waals surface area contributed by atoms with Gasteiger partial charge in [0.2, 0.25) is 5.78 Å². The van der Waals surface area contributed by atoms with Crippen molar-refractivity contribution in [3.8, 4) is 17.2 Å². The third-order valence-electron chi connectivity index (χ3n) is 5.80. The molecule has 0 amide bonds. The summed E-state index contributed by atoms with van der Waals surface area (Å²) in [6.07, 6.45) is 1.69. The minimum atomic E-state index is -0.388. The van der Waals surface area contributed by atoms with Crippen molar-refractivity contribution < 1.29 is 33.3 Å². The van der Waals surface area contributed by atoms with E-state index in [2.05, 4.69) is 15.9 Å². The van der Waals surface area contributed by atoms with Crippen molar-refractivity contribution in [2.75, 3.05) is 13.9 Å². The Labute approximate surface area is 210 Å². The van der Waals surface area contributed by atoms with Gasteiger partial charge in [0.1, 0.15) is 23.9 Å². The van der Waals surface area contributed by atoms with Crippen LogP contribution in [0.4, 0.5) is 0 Å². The van der Waals surface area contributed by atoms with Gasteiger partial charge in [-0.1, -0.05) is 28.1 Å². The summed E-state index contributed by atoms with van der Waals surface area (Å²) in [6.45, 7) is 2.74. The molecule has 5 rings (SSSR count). The molecule has 3 aromatic carbocycles. The van der Waals surface area contributed by atoms with Crippen LogP contribution in [0, 0.1) is 6.92 Å². The van der Waals surface area contributed by atoms with Crippen molar-refractivity contribution in [2.45, 2.75) is 20.1 Å². The second-order valence-electron chi connectivity index (χ2n) is 8.08. The molecule has 0 aliphatic carbocycles. The predicted octanol–water partition coefficient (Wildman–Crippen LogP) is 5.61. The van der Waals surface area contributed by atoms with E-state index in [9.17, 15) is 9.59 Å². The smallest absolute Gasteiger partial charge is 0.337 e. The average Bonchev–Trinajstić information content (AvgIpc) is 3.19. The lowest BCUT2D eigenvalue weighted by Crippen LogP contribution is -2.12. The summed E-state index contributed by atoms with van der Waals surface area (Å²) in [5.41, 5.74) is 4.20. The number of halogens is 1. The zero-order chi connectivity index (χ0) is 24.5. The molecule has 2 aliphatic rings. The SMILES string of the molecule is COC(=O)c1ccc(COc2ccc3c(c2C)O/C(=C\c2cc(Br)cc4c2OCOC4)C3=O)cc1. The van der Waals surface area contributed by atoms with Crippen molar-refractivity contribution >= 4 is 33.8 Å². The number of allylic oxidation sites excluding steroid dienone is 1. The van der Waals surface area contributed by atoms with E-state index >= 15 is 0 Å². The molecule has 0 spiro atoms. The molecule has 2 heterocycles. The van der Waals surface area contributed by atoms with Gasteiger partial charge in [0, 0.05) is 21.2 Å². The van der Waals surface area contributed by atoms with Crippen LogP contribution >= 0.6 is 15.9 Å². The van der Waals surface area contributed by atoms with E-state index in [1.807, 2.05) is 31.2 Å². The van der Waals surface area contributed by atoms with Gasteiger partial charge in [-0.2, -0.15) is 0 Å². The van der Waals surface area contributed by atoms with Crippen LogP contribution in [-0.4, -0.2) is 25.7 Å². The lowest BCUT2D eigenvalue weighted by atomic mass is 10.0. The number of ketones is 1. The number of esters is 1. The summed E-state index contributed by atoms with van der Waals surface area (Å²) >= 11 is 3.50. The van der Waals surface area contributed by atoms with Crippen LogP contribution in [0.2, 0.25) is 0 Å². The fourth-order valence-electron chi connectivity index (χ4n) is 4.00. The predicted molar refractivity (Wildman–Crippen MR) is 131 cm³/mol. The topological polar surface area (TPSA) is 80.3 Å². The summed E-state index contributed by atoms with van der Waals surface area (Å²) in [5, 5.41) is 0. The van der Waals surface area contributed by atoms with Gasteiger partial charge in [0.15, 0.2) is 12.6 Å². The second kappa shape index (κ2) is 9.56. The Bertz CT molecular complexity index is 1360. The van der Waals surface area contributed by atoms with Crippen LogP contribution < -0.4 is 14.2 Å². The van der Waals surface area contributed by atoms with Crippen LogP contribution in [-0.2, 0) is 22.7 Å². The molecule has 0 unspecified atom stereocenters. The maximum atomic E-state index is 13.1. The lowest BCUT2D eigenvalue weighted by molar-refractivity contribution is -0.0165. The number of carbonyl (C=O) groups is 2. The Kier molecular flexibility index (Phi) is 6.32. The first-order chi connectivity index (χ1) is 16.9. The fourth-order valence-corrected chi connectivity index (χ4v) is 4.52. The Hall–Kier alpha value is -3.62. The van der Waals surface area contributed by atoms with Gasteiger partial charge in [-0.3, -0.25) is 4.79 Å². The largest absolute Gasteiger partial charge is 0.488 e. The number of Topliss-reactive ketones (excluding diaryl/α,β-unsaturated/α-hetero) is 1. The van der Waals surface area contributed by atoms with Gasteiger partial charge in [-0.25, -0.2) is 4.79 Å². The minimum Gasteiger partial charge on any atom is -0.488 e. The number of benzene rings is 3. The Morgan fingerprint density at radius 1 is 1.11 bits per heavy atom. The number of hydrogen-bond donors (Lipinski definition) is 0. The van der Waals surface area contributed by atoms with E-state index in [0.29, 0.717) is 41.6 Å². The maximum Gasteiger partial charge on any atom is 0.337 e. The quantitative estimate of drug-likeness (QED) is 0.310.